The maximum Gasteiger partial charge on any atom is 0.0829 e. The van der Waals surface area contributed by atoms with Gasteiger partial charge in [0.05, 0.1) is 11.0 Å². The maximum atomic E-state index is 10.3. The lowest BCUT2D eigenvalue weighted by Gasteiger charge is -2.02. The summed E-state index contributed by atoms with van der Waals surface area (Å²) in [5.41, 5.74) is 6.41. The molecule has 0 aromatic heterocycles. The van der Waals surface area contributed by atoms with Crippen molar-refractivity contribution in [3.05, 3.63) is 33.8 Å². The smallest absolute Gasteiger partial charge is 0.0829 e. The van der Waals surface area contributed by atoms with E-state index in [2.05, 4.69) is 0 Å². The molecule has 0 bridgehead atoms. The molecule has 14 heavy (non-hydrogen) atoms. The molecule has 3 nitrogen and oxygen atoms in total. The first-order chi connectivity index (χ1) is 6.50. The summed E-state index contributed by atoms with van der Waals surface area (Å²) in [5, 5.41) is 10.3. The molecule has 0 atom stereocenters. The van der Waals surface area contributed by atoms with Gasteiger partial charge in [0.25, 0.3) is 0 Å². The van der Waals surface area contributed by atoms with Gasteiger partial charge in [0, 0.05) is 10.7 Å². The van der Waals surface area contributed by atoms with Gasteiger partial charge in [0.15, 0.2) is 0 Å². The molecule has 0 aliphatic heterocycles. The number of rotatable bonds is 2. The van der Waals surface area contributed by atoms with Crippen molar-refractivity contribution in [2.24, 2.45) is 0 Å². The number of halogens is 2. The summed E-state index contributed by atoms with van der Waals surface area (Å²) in [7, 11) is 0. The van der Waals surface area contributed by atoms with E-state index in [0.29, 0.717) is 16.3 Å². The highest BCUT2D eigenvalue weighted by molar-refractivity contribution is 6.43. The van der Waals surface area contributed by atoms with Crippen LogP contribution in [0.5, 0.6) is 0 Å². The van der Waals surface area contributed by atoms with Crippen LogP contribution in [-0.4, -0.2) is 5.97 Å². The molecule has 0 saturated carbocycles. The van der Waals surface area contributed by atoms with Crippen LogP contribution in [0.2, 0.25) is 5.02 Å². The van der Waals surface area contributed by atoms with Gasteiger partial charge in [-0.2, -0.15) is 0 Å². The number of carbonyl (C=O) groups is 1. The molecule has 0 aliphatic rings. The minimum atomic E-state index is -1.45. The molecule has 5 heteroatoms. The summed E-state index contributed by atoms with van der Waals surface area (Å²) in [4.78, 5) is 10.3. The molecule has 0 saturated heterocycles. The largest absolute Gasteiger partial charge is 0.544 e. The van der Waals surface area contributed by atoms with Gasteiger partial charge >= 0.3 is 0 Å². The summed E-state index contributed by atoms with van der Waals surface area (Å²) >= 11 is 11.1. The average Bonchev–Trinajstić information content (AvgIpc) is 2.11. The number of benzene rings is 1. The first-order valence-electron chi connectivity index (χ1n) is 3.64. The molecule has 74 valence electrons. The van der Waals surface area contributed by atoms with E-state index in [4.69, 9.17) is 28.9 Å². The van der Waals surface area contributed by atoms with Crippen LogP contribution in [-0.2, 0) is 4.79 Å². The molecule has 0 spiro atoms. The second-order valence-corrected chi connectivity index (χ2v) is 3.38. The Kier molecular flexibility index (Phi) is 3.38. The molecule has 0 heterocycles. The lowest BCUT2D eigenvalue weighted by molar-refractivity contribution is -0.298. The Morgan fingerprint density at radius 3 is 2.71 bits per heavy atom. The number of anilines is 1. The van der Waals surface area contributed by atoms with Crippen LogP contribution in [0.1, 0.15) is 5.56 Å². The van der Waals surface area contributed by atoms with Crippen LogP contribution in [0, 0.1) is 0 Å². The fourth-order valence-electron chi connectivity index (χ4n) is 0.868. The van der Waals surface area contributed by atoms with Crippen molar-refractivity contribution in [2.45, 2.75) is 0 Å². The Morgan fingerprint density at radius 1 is 1.50 bits per heavy atom. The molecule has 0 fully saturated rings. The topological polar surface area (TPSA) is 66.2 Å². The van der Waals surface area contributed by atoms with Gasteiger partial charge in [-0.15, -0.1) is 0 Å². The number of aliphatic carboxylic acids is 1. The minimum absolute atomic E-state index is 0.374. The molecule has 1 aromatic carbocycles. The average molecular weight is 231 g/mol. The van der Waals surface area contributed by atoms with Crippen LogP contribution in [0.25, 0.3) is 6.08 Å². The van der Waals surface area contributed by atoms with Crippen LogP contribution >= 0.6 is 23.2 Å². The van der Waals surface area contributed by atoms with E-state index in [9.17, 15) is 9.90 Å². The molecule has 0 radical (unpaired) electrons. The Labute approximate surface area is 90.7 Å². The lowest BCUT2D eigenvalue weighted by atomic mass is 10.2. The highest BCUT2D eigenvalue weighted by Crippen LogP contribution is 2.22. The fraction of sp³-hybridized carbons (Fsp3) is 0. The summed E-state index contributed by atoms with van der Waals surface area (Å²) in [6, 6.07) is 4.68. The van der Waals surface area contributed by atoms with E-state index in [1.165, 1.54) is 12.1 Å². The van der Waals surface area contributed by atoms with Gasteiger partial charge in [0.2, 0.25) is 0 Å². The highest BCUT2D eigenvalue weighted by atomic mass is 35.5. The summed E-state index contributed by atoms with van der Waals surface area (Å²) < 4.78 is 0. The summed E-state index contributed by atoms with van der Waals surface area (Å²) in [6.07, 6.45) is 1.19. The first-order valence-corrected chi connectivity index (χ1v) is 4.40. The number of carbonyl (C=O) groups excluding carboxylic acids is 1. The maximum absolute atomic E-state index is 10.3. The van der Waals surface area contributed by atoms with E-state index in [1.807, 2.05) is 0 Å². The van der Waals surface area contributed by atoms with E-state index in [0.717, 1.165) is 0 Å². The van der Waals surface area contributed by atoms with Crippen molar-refractivity contribution in [1.82, 2.24) is 0 Å². The predicted molar refractivity (Wildman–Crippen MR) is 54.7 cm³/mol. The lowest BCUT2D eigenvalue weighted by Crippen LogP contribution is -2.21. The molecule has 1 rings (SSSR count). The molecular weight excluding hydrogens is 225 g/mol. The Morgan fingerprint density at radius 2 is 2.14 bits per heavy atom. The summed E-state index contributed by atoms with van der Waals surface area (Å²) in [5.74, 6) is -1.45. The van der Waals surface area contributed by atoms with E-state index in [-0.39, 0.29) is 0 Å². The summed E-state index contributed by atoms with van der Waals surface area (Å²) in [6.45, 7) is 0. The van der Waals surface area contributed by atoms with E-state index < -0.39 is 11.0 Å². The monoisotopic (exact) mass is 230 g/mol. The van der Waals surface area contributed by atoms with Crippen LogP contribution in [0.3, 0.4) is 0 Å². The molecule has 0 aliphatic carbocycles. The second-order valence-electron chi connectivity index (χ2n) is 2.56. The van der Waals surface area contributed by atoms with Crippen LogP contribution < -0.4 is 10.8 Å². The SMILES string of the molecule is Nc1ccc(Cl)c(C=C(Cl)C(=O)[O-])c1. The third-order valence-electron chi connectivity index (χ3n) is 1.50. The highest BCUT2D eigenvalue weighted by Gasteiger charge is 2.00. The normalized spacial score (nSPS) is 11.4. The van der Waals surface area contributed by atoms with Crippen molar-refractivity contribution in [3.63, 3.8) is 0 Å². The van der Waals surface area contributed by atoms with Gasteiger partial charge in [-0.05, 0) is 29.8 Å². The molecular formula is C9H6Cl2NO2-. The Balaban J connectivity index is 3.13. The van der Waals surface area contributed by atoms with Gasteiger partial charge in [-0.25, -0.2) is 0 Å². The zero-order chi connectivity index (χ0) is 10.7. The third kappa shape index (κ3) is 2.65. The van der Waals surface area contributed by atoms with Gasteiger partial charge in [-0.3, -0.25) is 0 Å². The molecule has 1 aromatic rings. The second kappa shape index (κ2) is 4.35. The molecule has 0 unspecified atom stereocenters. The van der Waals surface area contributed by atoms with Crippen molar-refractivity contribution >= 4 is 40.9 Å². The van der Waals surface area contributed by atoms with E-state index >= 15 is 0 Å². The first kappa shape index (κ1) is 10.9. The van der Waals surface area contributed by atoms with Crippen molar-refractivity contribution in [3.8, 4) is 0 Å². The van der Waals surface area contributed by atoms with Gasteiger partial charge in [-0.1, -0.05) is 23.2 Å². The van der Waals surface area contributed by atoms with Gasteiger partial charge < -0.3 is 15.6 Å². The molecule has 2 N–H and O–H groups in total. The van der Waals surface area contributed by atoms with Crippen LogP contribution in [0.15, 0.2) is 23.2 Å². The van der Waals surface area contributed by atoms with Crippen molar-refractivity contribution in [1.29, 1.82) is 0 Å². The fourth-order valence-corrected chi connectivity index (χ4v) is 1.16. The zero-order valence-corrected chi connectivity index (χ0v) is 8.47. The molecule has 0 amide bonds. The Bertz CT molecular complexity index is 402. The van der Waals surface area contributed by atoms with Gasteiger partial charge in [0.1, 0.15) is 0 Å². The minimum Gasteiger partial charge on any atom is -0.544 e. The quantitative estimate of drug-likeness (QED) is 0.615. The number of carboxylic acid groups (broad SMARTS) is 1. The number of hydrogen-bond donors (Lipinski definition) is 1. The standard InChI is InChI=1S/C9H7Cl2NO2/c10-7-2-1-6(12)3-5(7)4-8(11)9(13)14/h1-4H,12H2,(H,13,14)/p-1. The number of hydrogen-bond acceptors (Lipinski definition) is 3. The number of nitrogens with two attached hydrogens (primary N) is 1. The van der Waals surface area contributed by atoms with Crippen molar-refractivity contribution < 1.29 is 9.90 Å². The van der Waals surface area contributed by atoms with Crippen LogP contribution in [0.4, 0.5) is 5.69 Å². The van der Waals surface area contributed by atoms with Crippen molar-refractivity contribution in [2.75, 3.05) is 5.73 Å². The predicted octanol–water partition coefficient (Wildman–Crippen LogP) is 1.25. The third-order valence-corrected chi connectivity index (χ3v) is 2.10. The number of nitrogen functional groups attached to an aromatic ring is 1. The zero-order valence-electron chi connectivity index (χ0n) is 6.96. The number of carboxylic acids is 1. The van der Waals surface area contributed by atoms with E-state index in [1.54, 1.807) is 12.1 Å². The Hall–Kier alpha value is -1.19.